The summed E-state index contributed by atoms with van der Waals surface area (Å²) in [5, 5.41) is 15.3. The van der Waals surface area contributed by atoms with Crippen LogP contribution in [0.1, 0.15) is 45.4 Å². The number of rotatable bonds is 4. The van der Waals surface area contributed by atoms with Gasteiger partial charge < -0.3 is 15.7 Å². The minimum absolute atomic E-state index is 0.00996. The van der Waals surface area contributed by atoms with Crippen molar-refractivity contribution >= 4 is 5.91 Å². The molecule has 0 aromatic heterocycles. The van der Waals surface area contributed by atoms with E-state index in [1.54, 1.807) is 0 Å². The fourth-order valence-electron chi connectivity index (χ4n) is 3.13. The molecule has 4 unspecified atom stereocenters. The maximum atomic E-state index is 12.0. The lowest BCUT2D eigenvalue weighted by Crippen LogP contribution is -2.46. The third-order valence-corrected chi connectivity index (χ3v) is 4.13. The lowest BCUT2D eigenvalue weighted by atomic mass is 9.85. The lowest BCUT2D eigenvalue weighted by Gasteiger charge is -2.24. The van der Waals surface area contributed by atoms with Crippen molar-refractivity contribution in [3.8, 4) is 0 Å². The molecule has 98 valence electrons. The number of amides is 1. The molecule has 0 bridgehead atoms. The van der Waals surface area contributed by atoms with E-state index in [1.807, 2.05) is 6.92 Å². The summed E-state index contributed by atoms with van der Waals surface area (Å²) in [5.41, 5.74) is 0. The Morgan fingerprint density at radius 1 is 1.47 bits per heavy atom. The third kappa shape index (κ3) is 3.19. The van der Waals surface area contributed by atoms with Crippen LogP contribution in [-0.4, -0.2) is 35.7 Å². The summed E-state index contributed by atoms with van der Waals surface area (Å²) in [4.78, 5) is 12.0. The van der Waals surface area contributed by atoms with Gasteiger partial charge in [0.2, 0.25) is 5.91 Å². The molecule has 1 saturated carbocycles. The Hall–Kier alpha value is -0.610. The topological polar surface area (TPSA) is 61.4 Å². The van der Waals surface area contributed by atoms with Crippen molar-refractivity contribution in [2.45, 2.75) is 63.6 Å². The maximum Gasteiger partial charge on any atom is 0.237 e. The van der Waals surface area contributed by atoms with Crippen LogP contribution in [0.3, 0.4) is 0 Å². The molecular weight excluding hydrogens is 216 g/mol. The van der Waals surface area contributed by atoms with E-state index >= 15 is 0 Å². The van der Waals surface area contributed by atoms with E-state index in [2.05, 4.69) is 10.6 Å². The monoisotopic (exact) mass is 240 g/mol. The smallest absolute Gasteiger partial charge is 0.237 e. The molecule has 0 radical (unpaired) electrons. The van der Waals surface area contributed by atoms with Crippen molar-refractivity contribution in [1.29, 1.82) is 0 Å². The summed E-state index contributed by atoms with van der Waals surface area (Å²) in [7, 11) is 0. The predicted octanol–water partition coefficient (Wildman–Crippen LogP) is 0.794. The first-order chi connectivity index (χ1) is 8.20. The molecule has 1 heterocycles. The highest BCUT2D eigenvalue weighted by Gasteiger charge is 2.38. The fourth-order valence-corrected chi connectivity index (χ4v) is 3.13. The average Bonchev–Trinajstić information content (AvgIpc) is 2.72. The van der Waals surface area contributed by atoms with E-state index in [0.29, 0.717) is 18.4 Å². The summed E-state index contributed by atoms with van der Waals surface area (Å²) in [6.45, 7) is 2.07. The van der Waals surface area contributed by atoms with Gasteiger partial charge in [0.15, 0.2) is 0 Å². The zero-order chi connectivity index (χ0) is 12.3. The molecule has 2 aliphatic rings. The Morgan fingerprint density at radius 3 is 2.94 bits per heavy atom. The van der Waals surface area contributed by atoms with E-state index in [9.17, 15) is 4.79 Å². The Labute approximate surface area is 103 Å². The van der Waals surface area contributed by atoms with Crippen LogP contribution in [0.4, 0.5) is 0 Å². The SMILES string of the molecule is CC(CCO)NC(=O)C1CC2CCCCC2N1. The standard InChI is InChI=1S/C13H24N2O2/c1-9(6-7-16)14-13(17)12-8-10-4-2-3-5-11(10)15-12/h9-12,15-16H,2-8H2,1H3,(H,14,17). The van der Waals surface area contributed by atoms with E-state index in [0.717, 1.165) is 6.42 Å². The molecular formula is C13H24N2O2. The molecule has 4 nitrogen and oxygen atoms in total. The largest absolute Gasteiger partial charge is 0.396 e. The molecule has 2 rings (SSSR count). The second kappa shape index (κ2) is 5.83. The molecule has 1 saturated heterocycles. The van der Waals surface area contributed by atoms with Crippen molar-refractivity contribution in [2.75, 3.05) is 6.61 Å². The number of aliphatic hydroxyl groups excluding tert-OH is 1. The molecule has 0 aromatic rings. The molecule has 1 aliphatic heterocycles. The van der Waals surface area contributed by atoms with Gasteiger partial charge in [-0.1, -0.05) is 12.8 Å². The first-order valence-electron chi connectivity index (χ1n) is 6.88. The van der Waals surface area contributed by atoms with Crippen LogP contribution in [0.25, 0.3) is 0 Å². The fraction of sp³-hybridized carbons (Fsp3) is 0.923. The Kier molecular flexibility index (Phi) is 4.40. The highest BCUT2D eigenvalue weighted by atomic mass is 16.3. The second-order valence-electron chi connectivity index (χ2n) is 5.53. The van der Waals surface area contributed by atoms with Crippen LogP contribution in [0.2, 0.25) is 0 Å². The maximum absolute atomic E-state index is 12.0. The molecule has 1 aliphatic carbocycles. The van der Waals surface area contributed by atoms with Crippen molar-refractivity contribution < 1.29 is 9.90 Å². The van der Waals surface area contributed by atoms with Crippen LogP contribution in [0, 0.1) is 5.92 Å². The van der Waals surface area contributed by atoms with Crippen molar-refractivity contribution in [3.05, 3.63) is 0 Å². The summed E-state index contributed by atoms with van der Waals surface area (Å²) < 4.78 is 0. The van der Waals surface area contributed by atoms with Crippen LogP contribution in [-0.2, 0) is 4.79 Å². The second-order valence-corrected chi connectivity index (χ2v) is 5.53. The van der Waals surface area contributed by atoms with Gasteiger partial charge in [0.1, 0.15) is 0 Å². The predicted molar refractivity (Wildman–Crippen MR) is 66.6 cm³/mol. The Balaban J connectivity index is 1.80. The molecule has 4 heteroatoms. The van der Waals surface area contributed by atoms with Crippen molar-refractivity contribution in [2.24, 2.45) is 5.92 Å². The van der Waals surface area contributed by atoms with Gasteiger partial charge in [-0.3, -0.25) is 4.79 Å². The van der Waals surface area contributed by atoms with Gasteiger partial charge in [-0.25, -0.2) is 0 Å². The molecule has 1 amide bonds. The van der Waals surface area contributed by atoms with E-state index in [4.69, 9.17) is 5.11 Å². The highest BCUT2D eigenvalue weighted by molar-refractivity contribution is 5.82. The first kappa shape index (κ1) is 12.8. The Bertz CT molecular complexity index is 256. The van der Waals surface area contributed by atoms with E-state index in [1.165, 1.54) is 25.7 Å². The minimum Gasteiger partial charge on any atom is -0.396 e. The normalized spacial score (nSPS) is 34.1. The van der Waals surface area contributed by atoms with Gasteiger partial charge in [-0.15, -0.1) is 0 Å². The first-order valence-corrected chi connectivity index (χ1v) is 6.88. The highest BCUT2D eigenvalue weighted by Crippen LogP contribution is 2.33. The average molecular weight is 240 g/mol. The van der Waals surface area contributed by atoms with Gasteiger partial charge >= 0.3 is 0 Å². The third-order valence-electron chi connectivity index (χ3n) is 4.13. The van der Waals surface area contributed by atoms with Crippen LogP contribution in [0.5, 0.6) is 0 Å². The molecule has 3 N–H and O–H groups in total. The van der Waals surface area contributed by atoms with E-state index < -0.39 is 0 Å². The molecule has 0 spiro atoms. The Morgan fingerprint density at radius 2 is 2.24 bits per heavy atom. The van der Waals surface area contributed by atoms with Gasteiger partial charge in [0, 0.05) is 18.7 Å². The number of carbonyl (C=O) groups is 1. The summed E-state index contributed by atoms with van der Waals surface area (Å²) in [6, 6.07) is 0.619. The molecule has 4 atom stereocenters. The number of fused-ring (bicyclic) bond motifs is 1. The number of aliphatic hydroxyl groups is 1. The molecule has 0 aromatic carbocycles. The van der Waals surface area contributed by atoms with Gasteiger partial charge in [0.25, 0.3) is 0 Å². The zero-order valence-corrected chi connectivity index (χ0v) is 10.6. The number of carbonyl (C=O) groups excluding carboxylic acids is 1. The van der Waals surface area contributed by atoms with E-state index in [-0.39, 0.29) is 24.6 Å². The minimum atomic E-state index is -0.00996. The summed E-state index contributed by atoms with van der Waals surface area (Å²) in [5.74, 6) is 0.813. The number of hydrogen-bond donors (Lipinski definition) is 3. The number of nitrogens with one attached hydrogen (secondary N) is 2. The summed E-state index contributed by atoms with van der Waals surface area (Å²) >= 11 is 0. The summed E-state index contributed by atoms with van der Waals surface area (Å²) in [6.07, 6.45) is 6.73. The van der Waals surface area contributed by atoms with Crippen molar-refractivity contribution in [1.82, 2.24) is 10.6 Å². The van der Waals surface area contributed by atoms with Gasteiger partial charge in [-0.05, 0) is 38.5 Å². The van der Waals surface area contributed by atoms with Crippen LogP contribution in [0.15, 0.2) is 0 Å². The molecule has 17 heavy (non-hydrogen) atoms. The quantitative estimate of drug-likeness (QED) is 0.681. The number of hydrogen-bond acceptors (Lipinski definition) is 3. The zero-order valence-electron chi connectivity index (χ0n) is 10.6. The van der Waals surface area contributed by atoms with Crippen LogP contribution >= 0.6 is 0 Å². The molecule has 2 fully saturated rings. The lowest BCUT2D eigenvalue weighted by molar-refractivity contribution is -0.123. The van der Waals surface area contributed by atoms with Gasteiger partial charge in [-0.2, -0.15) is 0 Å². The van der Waals surface area contributed by atoms with Crippen LogP contribution < -0.4 is 10.6 Å². The van der Waals surface area contributed by atoms with Gasteiger partial charge in [0.05, 0.1) is 6.04 Å². The van der Waals surface area contributed by atoms with Crippen molar-refractivity contribution in [3.63, 3.8) is 0 Å².